The minimum atomic E-state index is -0.728. The molecule has 0 radical (unpaired) electrons. The second-order valence-corrected chi connectivity index (χ2v) is 5.75. The van der Waals surface area contributed by atoms with Crippen molar-refractivity contribution in [3.8, 4) is 0 Å². The molecule has 3 N–H and O–H groups in total. The number of carboxylic acid groups (broad SMARTS) is 1. The summed E-state index contributed by atoms with van der Waals surface area (Å²) in [5.74, 6) is -0.728. The lowest BCUT2D eigenvalue weighted by Crippen LogP contribution is -2.02. The van der Waals surface area contributed by atoms with Crippen molar-refractivity contribution < 1.29 is 20.1 Å². The van der Waals surface area contributed by atoms with E-state index in [-0.39, 0.29) is 6.42 Å². The number of rotatable bonds is 14. The molecule has 0 heterocycles. The highest BCUT2D eigenvalue weighted by molar-refractivity contribution is 5.66. The Labute approximate surface area is 134 Å². The quantitative estimate of drug-likeness (QED) is 0.336. The molecule has 0 fully saturated rings. The monoisotopic (exact) mass is 312 g/mol. The molecule has 2 unspecified atom stereocenters. The summed E-state index contributed by atoms with van der Waals surface area (Å²) < 4.78 is 0. The molecular weight excluding hydrogens is 280 g/mol. The van der Waals surface area contributed by atoms with E-state index in [1.165, 1.54) is 0 Å². The predicted molar refractivity (Wildman–Crippen MR) is 89.8 cm³/mol. The molecule has 0 aliphatic rings. The summed E-state index contributed by atoms with van der Waals surface area (Å²) in [6.45, 7) is 2.10. The normalized spacial score (nSPS) is 14.7. The molecule has 0 rings (SSSR count). The second-order valence-electron chi connectivity index (χ2n) is 5.75. The number of aliphatic carboxylic acids is 1. The molecule has 0 bridgehead atoms. The van der Waals surface area contributed by atoms with Crippen LogP contribution in [0.1, 0.15) is 71.1 Å². The Morgan fingerprint density at radius 3 is 1.91 bits per heavy atom. The van der Waals surface area contributed by atoms with Crippen molar-refractivity contribution in [2.75, 3.05) is 0 Å². The van der Waals surface area contributed by atoms with Crippen molar-refractivity contribution in [2.24, 2.45) is 0 Å². The summed E-state index contributed by atoms with van der Waals surface area (Å²) in [6.07, 6.45) is 14.7. The summed E-state index contributed by atoms with van der Waals surface area (Å²) in [4.78, 5) is 10.3. The van der Waals surface area contributed by atoms with E-state index in [0.717, 1.165) is 57.8 Å². The molecule has 128 valence electrons. The van der Waals surface area contributed by atoms with Gasteiger partial charge in [0.05, 0.1) is 12.2 Å². The Balaban J connectivity index is 3.55. The highest BCUT2D eigenvalue weighted by Gasteiger charge is 2.00. The fraction of sp³-hybridized carbons (Fsp3) is 0.722. The van der Waals surface area contributed by atoms with Crippen LogP contribution in [-0.2, 0) is 4.79 Å². The van der Waals surface area contributed by atoms with E-state index in [9.17, 15) is 15.0 Å². The second kappa shape index (κ2) is 14.8. The van der Waals surface area contributed by atoms with Gasteiger partial charge in [-0.2, -0.15) is 0 Å². The predicted octanol–water partition coefficient (Wildman–Crippen LogP) is 3.83. The third kappa shape index (κ3) is 15.3. The lowest BCUT2D eigenvalue weighted by Gasteiger charge is -2.05. The first kappa shape index (κ1) is 20.9. The standard InChI is InChI=1S/C18H32O4/c1-2-3-11-16(19)13-9-10-14-17(20)12-7-5-4-6-8-15-18(21)22/h9-10,13-14,16-17,19-20H,2-8,11-12,15H2,1H3,(H,21,22). The summed E-state index contributed by atoms with van der Waals surface area (Å²) in [5.41, 5.74) is 0. The van der Waals surface area contributed by atoms with E-state index in [0.29, 0.717) is 0 Å². The van der Waals surface area contributed by atoms with Crippen LogP contribution in [0.3, 0.4) is 0 Å². The van der Waals surface area contributed by atoms with Crippen molar-refractivity contribution >= 4 is 5.97 Å². The van der Waals surface area contributed by atoms with Crippen molar-refractivity contribution in [2.45, 2.75) is 83.3 Å². The minimum Gasteiger partial charge on any atom is -0.481 e. The molecular formula is C18H32O4. The number of hydrogen-bond donors (Lipinski definition) is 3. The van der Waals surface area contributed by atoms with Crippen LogP contribution in [0.5, 0.6) is 0 Å². The van der Waals surface area contributed by atoms with Crippen molar-refractivity contribution in [1.82, 2.24) is 0 Å². The van der Waals surface area contributed by atoms with Crippen LogP contribution in [0.15, 0.2) is 24.3 Å². The van der Waals surface area contributed by atoms with E-state index in [1.807, 2.05) is 0 Å². The maximum Gasteiger partial charge on any atom is 0.303 e. The van der Waals surface area contributed by atoms with Crippen LogP contribution in [0, 0.1) is 0 Å². The van der Waals surface area contributed by atoms with Gasteiger partial charge in [0.25, 0.3) is 0 Å². The van der Waals surface area contributed by atoms with Gasteiger partial charge >= 0.3 is 5.97 Å². The Morgan fingerprint density at radius 2 is 1.36 bits per heavy atom. The molecule has 4 nitrogen and oxygen atoms in total. The molecule has 0 aromatic rings. The zero-order valence-corrected chi connectivity index (χ0v) is 13.8. The Morgan fingerprint density at radius 1 is 0.864 bits per heavy atom. The number of hydrogen-bond acceptors (Lipinski definition) is 3. The van der Waals surface area contributed by atoms with Gasteiger partial charge < -0.3 is 15.3 Å². The average Bonchev–Trinajstić information content (AvgIpc) is 2.48. The molecule has 0 aliphatic heterocycles. The van der Waals surface area contributed by atoms with E-state index in [1.54, 1.807) is 24.3 Å². The molecule has 4 heteroatoms. The van der Waals surface area contributed by atoms with Crippen LogP contribution in [0.4, 0.5) is 0 Å². The van der Waals surface area contributed by atoms with Crippen LogP contribution in [0.2, 0.25) is 0 Å². The first-order valence-corrected chi connectivity index (χ1v) is 8.49. The third-order valence-corrected chi connectivity index (χ3v) is 3.52. The lowest BCUT2D eigenvalue weighted by molar-refractivity contribution is -0.137. The molecule has 2 atom stereocenters. The maximum atomic E-state index is 10.3. The van der Waals surface area contributed by atoms with Gasteiger partial charge in [-0.05, 0) is 19.3 Å². The Bertz CT molecular complexity index is 323. The molecule has 0 saturated carbocycles. The molecule has 0 aromatic heterocycles. The topological polar surface area (TPSA) is 77.8 Å². The van der Waals surface area contributed by atoms with E-state index in [4.69, 9.17) is 5.11 Å². The van der Waals surface area contributed by atoms with Crippen LogP contribution >= 0.6 is 0 Å². The summed E-state index contributed by atoms with van der Waals surface area (Å²) in [5, 5.41) is 27.9. The fourth-order valence-electron chi connectivity index (χ4n) is 2.15. The van der Waals surface area contributed by atoms with E-state index < -0.39 is 18.2 Å². The van der Waals surface area contributed by atoms with Gasteiger partial charge in [0, 0.05) is 6.42 Å². The van der Waals surface area contributed by atoms with Crippen molar-refractivity contribution in [1.29, 1.82) is 0 Å². The zero-order chi connectivity index (χ0) is 16.6. The lowest BCUT2D eigenvalue weighted by atomic mass is 10.1. The van der Waals surface area contributed by atoms with Crippen LogP contribution in [-0.4, -0.2) is 33.5 Å². The van der Waals surface area contributed by atoms with Gasteiger partial charge in [0.1, 0.15) is 0 Å². The van der Waals surface area contributed by atoms with Crippen molar-refractivity contribution in [3.05, 3.63) is 24.3 Å². The number of carbonyl (C=O) groups is 1. The Hall–Kier alpha value is -1.13. The maximum absolute atomic E-state index is 10.3. The molecule has 0 aromatic carbocycles. The number of carboxylic acids is 1. The first-order valence-electron chi connectivity index (χ1n) is 8.49. The van der Waals surface area contributed by atoms with Gasteiger partial charge in [0.2, 0.25) is 0 Å². The van der Waals surface area contributed by atoms with E-state index in [2.05, 4.69) is 6.92 Å². The highest BCUT2D eigenvalue weighted by atomic mass is 16.4. The SMILES string of the molecule is CCCCC(O)C=CC=CC(O)CCCCCCCC(=O)O. The summed E-state index contributed by atoms with van der Waals surface area (Å²) in [7, 11) is 0. The summed E-state index contributed by atoms with van der Waals surface area (Å²) in [6, 6.07) is 0. The molecule has 0 amide bonds. The number of unbranched alkanes of at least 4 members (excludes halogenated alkanes) is 5. The number of aliphatic hydroxyl groups excluding tert-OH is 2. The van der Waals surface area contributed by atoms with Gasteiger partial charge in [-0.25, -0.2) is 0 Å². The van der Waals surface area contributed by atoms with Gasteiger partial charge in [0.15, 0.2) is 0 Å². The first-order chi connectivity index (χ1) is 10.6. The Kier molecular flexibility index (Phi) is 14.0. The summed E-state index contributed by atoms with van der Waals surface area (Å²) >= 11 is 0. The molecule has 0 spiro atoms. The average molecular weight is 312 g/mol. The fourth-order valence-corrected chi connectivity index (χ4v) is 2.15. The minimum absolute atomic E-state index is 0.252. The zero-order valence-electron chi connectivity index (χ0n) is 13.8. The van der Waals surface area contributed by atoms with E-state index >= 15 is 0 Å². The smallest absolute Gasteiger partial charge is 0.303 e. The van der Waals surface area contributed by atoms with Gasteiger partial charge in [-0.1, -0.05) is 69.8 Å². The molecule has 0 saturated heterocycles. The third-order valence-electron chi connectivity index (χ3n) is 3.52. The largest absolute Gasteiger partial charge is 0.481 e. The molecule has 22 heavy (non-hydrogen) atoms. The highest BCUT2D eigenvalue weighted by Crippen LogP contribution is 2.09. The van der Waals surface area contributed by atoms with Crippen molar-refractivity contribution in [3.63, 3.8) is 0 Å². The van der Waals surface area contributed by atoms with Gasteiger partial charge in [-0.15, -0.1) is 0 Å². The van der Waals surface area contributed by atoms with Crippen LogP contribution in [0.25, 0.3) is 0 Å². The molecule has 0 aliphatic carbocycles. The number of aliphatic hydroxyl groups is 2. The number of allylic oxidation sites excluding steroid dienone is 2. The van der Waals surface area contributed by atoms with Gasteiger partial charge in [-0.3, -0.25) is 4.79 Å². The van der Waals surface area contributed by atoms with Crippen LogP contribution < -0.4 is 0 Å².